The van der Waals surface area contributed by atoms with Crippen molar-refractivity contribution in [3.05, 3.63) is 28.3 Å². The van der Waals surface area contributed by atoms with Crippen LogP contribution in [0.15, 0.2) is 18.2 Å². The third kappa shape index (κ3) is 4.04. The van der Waals surface area contributed by atoms with Gasteiger partial charge in [-0.3, -0.25) is 15.0 Å². The van der Waals surface area contributed by atoms with E-state index >= 15 is 0 Å². The molecule has 138 valence electrons. The van der Waals surface area contributed by atoms with Crippen molar-refractivity contribution in [3.8, 4) is 5.75 Å². The lowest BCUT2D eigenvalue weighted by atomic mass is 10.0. The summed E-state index contributed by atoms with van der Waals surface area (Å²) in [5.74, 6) is 0.320. The maximum atomic E-state index is 11.0. The zero-order valence-electron chi connectivity index (χ0n) is 15.2. The number of methoxy groups -OCH3 is 1. The molecule has 0 spiro atoms. The minimum Gasteiger partial charge on any atom is -0.490 e. The van der Waals surface area contributed by atoms with E-state index in [2.05, 4.69) is 23.6 Å². The molecule has 0 amide bonds. The van der Waals surface area contributed by atoms with Crippen molar-refractivity contribution in [2.75, 3.05) is 38.2 Å². The Morgan fingerprint density at radius 2 is 1.84 bits per heavy atom. The summed E-state index contributed by atoms with van der Waals surface area (Å²) in [4.78, 5) is 15.5. The van der Waals surface area contributed by atoms with Crippen molar-refractivity contribution in [2.24, 2.45) is 0 Å². The van der Waals surface area contributed by atoms with Gasteiger partial charge in [0.05, 0.1) is 24.2 Å². The normalized spacial score (nSPS) is 25.8. The van der Waals surface area contributed by atoms with E-state index in [1.54, 1.807) is 6.07 Å². The fourth-order valence-electron chi connectivity index (χ4n) is 4.02. The predicted octanol–water partition coefficient (Wildman–Crippen LogP) is 2.68. The number of hydrogen-bond acceptors (Lipinski definition) is 6. The standard InChI is InChI=1S/C18H27N3O4/c1-13-11-20(12-14(2)25-13)15-6-8-19(9-7-15)16-4-5-17(21(22)23)18(10-16)24-3/h4-5,10,13-15H,6-9,11-12H2,1-3H3. The Morgan fingerprint density at radius 3 is 2.40 bits per heavy atom. The SMILES string of the molecule is COc1cc(N2CCC(N3CC(C)OC(C)C3)CC2)ccc1[N+](=O)[O-]. The Labute approximate surface area is 148 Å². The topological polar surface area (TPSA) is 68.1 Å². The molecule has 0 bridgehead atoms. The van der Waals surface area contributed by atoms with Crippen molar-refractivity contribution in [1.82, 2.24) is 4.90 Å². The smallest absolute Gasteiger partial charge is 0.311 e. The van der Waals surface area contributed by atoms with Gasteiger partial charge in [0.2, 0.25) is 0 Å². The van der Waals surface area contributed by atoms with E-state index in [-0.39, 0.29) is 5.69 Å². The van der Waals surface area contributed by atoms with E-state index in [9.17, 15) is 10.1 Å². The lowest BCUT2D eigenvalue weighted by Crippen LogP contribution is -2.53. The van der Waals surface area contributed by atoms with Gasteiger partial charge >= 0.3 is 5.69 Å². The molecule has 2 aliphatic heterocycles. The molecule has 0 aliphatic carbocycles. The predicted molar refractivity (Wildman–Crippen MR) is 96.5 cm³/mol. The van der Waals surface area contributed by atoms with E-state index in [0.29, 0.717) is 24.0 Å². The first-order chi connectivity index (χ1) is 12.0. The fourth-order valence-corrected chi connectivity index (χ4v) is 4.02. The van der Waals surface area contributed by atoms with Crippen LogP contribution in [-0.2, 0) is 4.74 Å². The van der Waals surface area contributed by atoms with Crippen LogP contribution in [0.5, 0.6) is 5.75 Å². The van der Waals surface area contributed by atoms with Crippen LogP contribution >= 0.6 is 0 Å². The molecule has 0 saturated carbocycles. The number of anilines is 1. The van der Waals surface area contributed by atoms with E-state index in [0.717, 1.165) is 44.7 Å². The summed E-state index contributed by atoms with van der Waals surface area (Å²) >= 11 is 0. The first-order valence-corrected chi connectivity index (χ1v) is 8.94. The van der Waals surface area contributed by atoms with E-state index in [1.807, 2.05) is 6.07 Å². The minimum atomic E-state index is -0.407. The number of nitrogens with zero attached hydrogens (tertiary/aromatic N) is 3. The van der Waals surface area contributed by atoms with Crippen molar-refractivity contribution in [1.29, 1.82) is 0 Å². The molecule has 2 unspecified atom stereocenters. The Kier molecular flexibility index (Phi) is 5.44. The van der Waals surface area contributed by atoms with Crippen LogP contribution in [0, 0.1) is 10.1 Å². The molecule has 1 aromatic rings. The molecular weight excluding hydrogens is 322 g/mol. The average Bonchev–Trinajstić information content (AvgIpc) is 2.60. The number of morpholine rings is 1. The fraction of sp³-hybridized carbons (Fsp3) is 0.667. The van der Waals surface area contributed by atoms with E-state index in [4.69, 9.17) is 9.47 Å². The van der Waals surface area contributed by atoms with Crippen molar-refractivity contribution in [3.63, 3.8) is 0 Å². The number of nitro groups is 1. The maximum Gasteiger partial charge on any atom is 0.311 e. The lowest BCUT2D eigenvalue weighted by molar-refractivity contribution is -0.385. The van der Waals surface area contributed by atoms with E-state index in [1.165, 1.54) is 13.2 Å². The Balaban J connectivity index is 1.63. The zero-order valence-corrected chi connectivity index (χ0v) is 15.2. The van der Waals surface area contributed by atoms with Gasteiger partial charge in [-0.2, -0.15) is 0 Å². The van der Waals surface area contributed by atoms with Gasteiger partial charge in [-0.25, -0.2) is 0 Å². The Morgan fingerprint density at radius 1 is 1.20 bits per heavy atom. The van der Waals surface area contributed by atoms with Crippen LogP contribution in [-0.4, -0.2) is 61.4 Å². The van der Waals surface area contributed by atoms with Gasteiger partial charge in [-0.15, -0.1) is 0 Å². The molecule has 1 aromatic carbocycles. The van der Waals surface area contributed by atoms with Gasteiger partial charge in [0, 0.05) is 50.0 Å². The highest BCUT2D eigenvalue weighted by molar-refractivity contribution is 5.59. The number of hydrogen-bond donors (Lipinski definition) is 0. The molecule has 2 aliphatic rings. The summed E-state index contributed by atoms with van der Waals surface area (Å²) in [6, 6.07) is 5.72. The molecule has 2 fully saturated rings. The lowest BCUT2D eigenvalue weighted by Gasteiger charge is -2.44. The second-order valence-corrected chi connectivity index (χ2v) is 7.04. The highest BCUT2D eigenvalue weighted by Crippen LogP contribution is 2.33. The molecule has 0 radical (unpaired) electrons. The second kappa shape index (κ2) is 7.58. The average molecular weight is 349 g/mol. The molecule has 3 rings (SSSR count). The first kappa shape index (κ1) is 17.9. The summed E-state index contributed by atoms with van der Waals surface area (Å²) in [6.45, 7) is 8.18. The summed E-state index contributed by atoms with van der Waals surface area (Å²) in [6.07, 6.45) is 2.78. The molecule has 7 heteroatoms. The largest absolute Gasteiger partial charge is 0.490 e. The number of benzene rings is 1. The molecule has 25 heavy (non-hydrogen) atoms. The van der Waals surface area contributed by atoms with E-state index < -0.39 is 4.92 Å². The van der Waals surface area contributed by atoms with Crippen molar-refractivity contribution >= 4 is 11.4 Å². The third-order valence-corrected chi connectivity index (χ3v) is 5.15. The molecule has 7 nitrogen and oxygen atoms in total. The number of nitro benzene ring substituents is 1. The minimum absolute atomic E-state index is 0.0115. The van der Waals surface area contributed by atoms with Gasteiger partial charge in [-0.1, -0.05) is 0 Å². The Hall–Kier alpha value is -1.86. The quantitative estimate of drug-likeness (QED) is 0.615. The monoisotopic (exact) mass is 349 g/mol. The second-order valence-electron chi connectivity index (χ2n) is 7.04. The van der Waals surface area contributed by atoms with Crippen LogP contribution in [0.25, 0.3) is 0 Å². The number of piperidine rings is 1. The van der Waals surface area contributed by atoms with Crippen molar-refractivity contribution < 1.29 is 14.4 Å². The van der Waals surface area contributed by atoms with Crippen LogP contribution in [0.4, 0.5) is 11.4 Å². The first-order valence-electron chi connectivity index (χ1n) is 8.94. The van der Waals surface area contributed by atoms with Gasteiger partial charge in [-0.05, 0) is 32.8 Å². The number of rotatable bonds is 4. The molecule has 0 N–H and O–H groups in total. The summed E-state index contributed by atoms with van der Waals surface area (Å²) in [7, 11) is 1.47. The summed E-state index contributed by atoms with van der Waals surface area (Å²) in [5.41, 5.74) is 1.00. The molecule has 0 aromatic heterocycles. The molecule has 2 saturated heterocycles. The summed E-state index contributed by atoms with van der Waals surface area (Å²) in [5, 5.41) is 11.0. The van der Waals surface area contributed by atoms with Crippen LogP contribution in [0.1, 0.15) is 26.7 Å². The molecular formula is C18H27N3O4. The highest BCUT2D eigenvalue weighted by atomic mass is 16.6. The third-order valence-electron chi connectivity index (χ3n) is 5.15. The van der Waals surface area contributed by atoms with Crippen LogP contribution < -0.4 is 9.64 Å². The number of ether oxygens (including phenoxy) is 2. The zero-order chi connectivity index (χ0) is 18.0. The van der Waals surface area contributed by atoms with Gasteiger partial charge < -0.3 is 14.4 Å². The summed E-state index contributed by atoms with van der Waals surface area (Å²) < 4.78 is 11.0. The molecule has 2 atom stereocenters. The van der Waals surface area contributed by atoms with Crippen molar-refractivity contribution in [2.45, 2.75) is 44.9 Å². The van der Waals surface area contributed by atoms with Gasteiger partial charge in [0.1, 0.15) is 0 Å². The van der Waals surface area contributed by atoms with Gasteiger partial charge in [0.25, 0.3) is 0 Å². The van der Waals surface area contributed by atoms with Crippen LogP contribution in [0.3, 0.4) is 0 Å². The maximum absolute atomic E-state index is 11.0. The van der Waals surface area contributed by atoms with Crippen LogP contribution in [0.2, 0.25) is 0 Å². The highest BCUT2D eigenvalue weighted by Gasteiger charge is 2.30. The Bertz CT molecular complexity index is 606. The molecule has 2 heterocycles. The van der Waals surface area contributed by atoms with Gasteiger partial charge in [0.15, 0.2) is 5.75 Å².